The molecular formula is C22H25ClFN5O. The average Bonchev–Trinajstić information content (AvgIpc) is 3.24. The van der Waals surface area contributed by atoms with Crippen LogP contribution < -0.4 is 11.1 Å². The van der Waals surface area contributed by atoms with Gasteiger partial charge in [0.25, 0.3) is 0 Å². The van der Waals surface area contributed by atoms with Gasteiger partial charge in [-0.3, -0.25) is 9.89 Å². The molecule has 1 aromatic heterocycles. The Morgan fingerprint density at radius 3 is 2.50 bits per heavy atom. The SMILES string of the molecule is Cl.NCc1nc(-c2ccc(NC(=O)C3(c4cccc(F)c4)CCCCC3)cc2)n[nH]1. The molecule has 4 N–H and O–H groups in total. The van der Waals surface area contributed by atoms with E-state index in [4.69, 9.17) is 5.73 Å². The number of benzene rings is 2. The lowest BCUT2D eigenvalue weighted by Crippen LogP contribution is -2.42. The number of carbonyl (C=O) groups excluding carboxylic acids is 1. The van der Waals surface area contributed by atoms with Crippen molar-refractivity contribution in [3.05, 3.63) is 65.7 Å². The summed E-state index contributed by atoms with van der Waals surface area (Å²) in [5, 5.41) is 9.96. The van der Waals surface area contributed by atoms with Crippen LogP contribution >= 0.6 is 12.4 Å². The van der Waals surface area contributed by atoms with Crippen molar-refractivity contribution in [3.63, 3.8) is 0 Å². The highest BCUT2D eigenvalue weighted by atomic mass is 35.5. The number of nitrogens with zero attached hydrogens (tertiary/aromatic N) is 2. The molecule has 0 bridgehead atoms. The number of H-pyrrole nitrogens is 1. The van der Waals surface area contributed by atoms with Crippen molar-refractivity contribution in [2.45, 2.75) is 44.1 Å². The van der Waals surface area contributed by atoms with Crippen molar-refractivity contribution in [3.8, 4) is 11.4 Å². The van der Waals surface area contributed by atoms with E-state index in [1.54, 1.807) is 6.07 Å². The molecule has 4 rings (SSSR count). The molecule has 1 amide bonds. The fraction of sp³-hybridized carbons (Fsp3) is 0.318. The predicted octanol–water partition coefficient (Wildman–Crippen LogP) is 4.33. The predicted molar refractivity (Wildman–Crippen MR) is 117 cm³/mol. The number of aromatic amines is 1. The van der Waals surface area contributed by atoms with E-state index < -0.39 is 5.41 Å². The molecule has 0 aliphatic heterocycles. The third-order valence-electron chi connectivity index (χ3n) is 5.64. The van der Waals surface area contributed by atoms with Crippen molar-refractivity contribution < 1.29 is 9.18 Å². The number of halogens is 2. The van der Waals surface area contributed by atoms with E-state index in [1.807, 2.05) is 30.3 Å². The zero-order valence-corrected chi connectivity index (χ0v) is 17.3. The fourth-order valence-corrected chi connectivity index (χ4v) is 4.06. The smallest absolute Gasteiger partial charge is 0.235 e. The van der Waals surface area contributed by atoms with Gasteiger partial charge in [-0.05, 0) is 54.8 Å². The largest absolute Gasteiger partial charge is 0.325 e. The molecule has 158 valence electrons. The summed E-state index contributed by atoms with van der Waals surface area (Å²) >= 11 is 0. The highest BCUT2D eigenvalue weighted by molar-refractivity contribution is 5.99. The van der Waals surface area contributed by atoms with Crippen molar-refractivity contribution in [1.82, 2.24) is 15.2 Å². The van der Waals surface area contributed by atoms with Crippen LogP contribution in [0.1, 0.15) is 43.5 Å². The van der Waals surface area contributed by atoms with E-state index in [1.165, 1.54) is 12.1 Å². The zero-order chi connectivity index (χ0) is 20.3. The van der Waals surface area contributed by atoms with Crippen LogP contribution in [0.3, 0.4) is 0 Å². The summed E-state index contributed by atoms with van der Waals surface area (Å²) in [7, 11) is 0. The second-order valence-corrected chi connectivity index (χ2v) is 7.49. The maximum atomic E-state index is 13.9. The first kappa shape index (κ1) is 21.9. The topological polar surface area (TPSA) is 96.7 Å². The Labute approximate surface area is 180 Å². The summed E-state index contributed by atoms with van der Waals surface area (Å²) in [6.07, 6.45) is 4.45. The molecule has 2 aromatic carbocycles. The van der Waals surface area contributed by atoms with Gasteiger partial charge in [-0.1, -0.05) is 31.4 Å². The Hall–Kier alpha value is -2.77. The van der Waals surface area contributed by atoms with Gasteiger partial charge >= 0.3 is 0 Å². The highest BCUT2D eigenvalue weighted by Crippen LogP contribution is 2.40. The van der Waals surface area contributed by atoms with E-state index in [0.29, 0.717) is 23.9 Å². The van der Waals surface area contributed by atoms with Gasteiger partial charge in [0.1, 0.15) is 11.6 Å². The van der Waals surface area contributed by atoms with E-state index in [-0.39, 0.29) is 24.1 Å². The van der Waals surface area contributed by atoms with Gasteiger partial charge < -0.3 is 11.1 Å². The molecule has 1 aliphatic rings. The third-order valence-corrected chi connectivity index (χ3v) is 5.64. The van der Waals surface area contributed by atoms with E-state index in [9.17, 15) is 9.18 Å². The summed E-state index contributed by atoms with van der Waals surface area (Å²) in [5.41, 5.74) is 7.13. The molecule has 1 saturated carbocycles. The summed E-state index contributed by atoms with van der Waals surface area (Å²) < 4.78 is 13.9. The Kier molecular flexibility index (Phi) is 6.84. The second-order valence-electron chi connectivity index (χ2n) is 7.49. The Bertz CT molecular complexity index is 999. The molecule has 6 nitrogen and oxygen atoms in total. The van der Waals surface area contributed by atoms with E-state index >= 15 is 0 Å². The minimum Gasteiger partial charge on any atom is -0.325 e. The summed E-state index contributed by atoms with van der Waals surface area (Å²) in [6, 6.07) is 13.8. The fourth-order valence-electron chi connectivity index (χ4n) is 4.06. The van der Waals surface area contributed by atoms with Crippen molar-refractivity contribution in [2.24, 2.45) is 5.73 Å². The van der Waals surface area contributed by atoms with Crippen LogP contribution in [-0.4, -0.2) is 21.1 Å². The number of nitrogens with two attached hydrogens (primary N) is 1. The molecule has 1 aliphatic carbocycles. The molecule has 3 aromatic rings. The number of nitrogens with one attached hydrogen (secondary N) is 2. The van der Waals surface area contributed by atoms with E-state index in [0.717, 1.165) is 43.2 Å². The molecule has 0 saturated heterocycles. The summed E-state index contributed by atoms with van der Waals surface area (Å²) in [4.78, 5) is 17.6. The zero-order valence-electron chi connectivity index (χ0n) is 16.5. The molecule has 1 fully saturated rings. The number of rotatable bonds is 5. The minimum atomic E-state index is -0.696. The van der Waals surface area contributed by atoms with Crippen molar-refractivity contribution in [2.75, 3.05) is 5.32 Å². The number of aromatic nitrogens is 3. The first-order valence-electron chi connectivity index (χ1n) is 9.90. The summed E-state index contributed by atoms with van der Waals surface area (Å²) in [6.45, 7) is 0.295. The normalized spacial score (nSPS) is 15.3. The lowest BCUT2D eigenvalue weighted by molar-refractivity contribution is -0.122. The first-order chi connectivity index (χ1) is 14.1. The molecule has 0 atom stereocenters. The van der Waals surface area contributed by atoms with Crippen LogP contribution in [0.2, 0.25) is 0 Å². The third kappa shape index (κ3) is 4.37. The Morgan fingerprint density at radius 2 is 1.87 bits per heavy atom. The molecule has 8 heteroatoms. The number of hydrogen-bond donors (Lipinski definition) is 3. The highest BCUT2D eigenvalue weighted by Gasteiger charge is 2.41. The second kappa shape index (κ2) is 9.36. The molecule has 0 radical (unpaired) electrons. The van der Waals surface area contributed by atoms with Crippen LogP contribution in [0.25, 0.3) is 11.4 Å². The lowest BCUT2D eigenvalue weighted by Gasteiger charge is -2.36. The Morgan fingerprint density at radius 1 is 1.13 bits per heavy atom. The van der Waals surface area contributed by atoms with Crippen LogP contribution in [-0.2, 0) is 16.8 Å². The van der Waals surface area contributed by atoms with Crippen molar-refractivity contribution in [1.29, 1.82) is 0 Å². The maximum absolute atomic E-state index is 13.9. The van der Waals surface area contributed by atoms with Gasteiger partial charge in [-0.2, -0.15) is 5.10 Å². The quantitative estimate of drug-likeness (QED) is 0.562. The van der Waals surface area contributed by atoms with Crippen molar-refractivity contribution >= 4 is 24.0 Å². The average molecular weight is 430 g/mol. The molecule has 0 unspecified atom stereocenters. The van der Waals surface area contributed by atoms with Crippen LogP contribution in [0.5, 0.6) is 0 Å². The van der Waals surface area contributed by atoms with Gasteiger partial charge in [-0.15, -0.1) is 12.4 Å². The van der Waals surface area contributed by atoms with Gasteiger partial charge in [-0.25, -0.2) is 9.37 Å². The molecular weight excluding hydrogens is 405 g/mol. The monoisotopic (exact) mass is 429 g/mol. The van der Waals surface area contributed by atoms with Crippen LogP contribution in [0, 0.1) is 5.82 Å². The lowest BCUT2D eigenvalue weighted by atomic mass is 9.68. The van der Waals surface area contributed by atoms with Gasteiger partial charge in [0, 0.05) is 11.3 Å². The standard InChI is InChI=1S/C22H24FN5O.ClH/c23-17-6-4-5-16(13-17)22(11-2-1-3-12-22)21(29)25-18-9-7-15(8-10-18)20-26-19(14-24)27-28-20;/h4-10,13H,1-3,11-12,14,24H2,(H,25,29)(H,26,27,28);1H. The van der Waals surface area contributed by atoms with Gasteiger partial charge in [0.15, 0.2) is 5.82 Å². The van der Waals surface area contributed by atoms with E-state index in [2.05, 4.69) is 20.5 Å². The minimum absolute atomic E-state index is 0. The Balaban J connectivity index is 0.00000256. The number of anilines is 1. The van der Waals surface area contributed by atoms with Gasteiger partial charge in [0.05, 0.1) is 12.0 Å². The first-order valence-corrected chi connectivity index (χ1v) is 9.90. The maximum Gasteiger partial charge on any atom is 0.235 e. The van der Waals surface area contributed by atoms with Gasteiger partial charge in [0.2, 0.25) is 5.91 Å². The number of amides is 1. The molecule has 1 heterocycles. The van der Waals surface area contributed by atoms with Crippen LogP contribution in [0.15, 0.2) is 48.5 Å². The number of carbonyl (C=O) groups is 1. The summed E-state index contributed by atoms with van der Waals surface area (Å²) in [5.74, 6) is 0.783. The number of hydrogen-bond acceptors (Lipinski definition) is 4. The molecule has 0 spiro atoms. The van der Waals surface area contributed by atoms with Crippen LogP contribution in [0.4, 0.5) is 10.1 Å². The molecule has 30 heavy (non-hydrogen) atoms.